The van der Waals surface area contributed by atoms with Crippen molar-refractivity contribution in [2.45, 2.75) is 96.6 Å². The maximum atomic E-state index is 11.3. The Morgan fingerprint density at radius 1 is 1.10 bits per heavy atom. The van der Waals surface area contributed by atoms with E-state index >= 15 is 0 Å². The lowest BCUT2D eigenvalue weighted by molar-refractivity contribution is -0.0310. The van der Waals surface area contributed by atoms with Crippen LogP contribution in [0.1, 0.15) is 60.5 Å². The summed E-state index contributed by atoms with van der Waals surface area (Å²) < 4.78 is 14.8. The highest BCUT2D eigenvalue weighted by atomic mass is 35.5. The van der Waals surface area contributed by atoms with Gasteiger partial charge < -0.3 is 20.0 Å². The molecule has 168 valence electrons. The molecule has 0 aromatic carbocycles. The fraction of sp³-hybridized carbons (Fsp3) is 0.750. The number of aryl methyl sites for hydroxylation is 1. The molecule has 3 N–H and O–H groups in total. The van der Waals surface area contributed by atoms with Crippen molar-refractivity contribution in [2.24, 2.45) is 0 Å². The topological polar surface area (TPSA) is 108 Å². The van der Waals surface area contributed by atoms with Crippen LogP contribution >= 0.6 is 11.6 Å². The van der Waals surface area contributed by atoms with E-state index in [0.717, 1.165) is 0 Å². The second-order valence-electron chi connectivity index (χ2n) is 9.20. The number of hydrogen-bond acceptors (Lipinski definition) is 7. The van der Waals surface area contributed by atoms with E-state index in [4.69, 9.17) is 26.5 Å². The zero-order valence-electron chi connectivity index (χ0n) is 19.0. The van der Waals surface area contributed by atoms with Gasteiger partial charge in [-0.2, -0.15) is 9.97 Å². The van der Waals surface area contributed by atoms with E-state index < -0.39 is 26.8 Å². The highest BCUT2D eigenvalue weighted by Crippen LogP contribution is 2.46. The number of aliphatic hydroxyl groups is 1. The van der Waals surface area contributed by atoms with Crippen molar-refractivity contribution in [2.75, 3.05) is 5.73 Å². The van der Waals surface area contributed by atoms with E-state index in [1.165, 1.54) is 0 Å². The number of ether oxygens (including phenoxy) is 1. The molecule has 0 unspecified atom stereocenters. The number of aliphatic hydroxyl groups excluding tert-OH is 1. The molecule has 1 aliphatic heterocycles. The number of halogens is 1. The summed E-state index contributed by atoms with van der Waals surface area (Å²) in [5.74, 6) is 0.816. The van der Waals surface area contributed by atoms with E-state index in [1.807, 2.05) is 13.8 Å². The van der Waals surface area contributed by atoms with Crippen LogP contribution in [0.5, 0.6) is 0 Å². The van der Waals surface area contributed by atoms with Gasteiger partial charge >= 0.3 is 0 Å². The lowest BCUT2D eigenvalue weighted by atomic mass is 10.1. The Balaban J connectivity index is 2.01. The van der Waals surface area contributed by atoms with Crippen LogP contribution in [-0.4, -0.2) is 51.3 Å². The number of anilines is 1. The van der Waals surface area contributed by atoms with Gasteiger partial charge in [-0.3, -0.25) is 4.57 Å². The Kier molecular flexibility index (Phi) is 6.51. The lowest BCUT2D eigenvalue weighted by Gasteiger charge is -2.45. The molecule has 4 atom stereocenters. The number of nitrogens with two attached hydrogens (primary N) is 1. The first-order chi connectivity index (χ1) is 13.9. The summed E-state index contributed by atoms with van der Waals surface area (Å²) >= 11 is 6.03. The molecule has 10 heteroatoms. The summed E-state index contributed by atoms with van der Waals surface area (Å²) in [5.41, 5.74) is 8.07. The molecule has 0 radical (unpaired) electrons. The molecule has 0 amide bonds. The number of nitrogens with zero attached hydrogens (tertiary/aromatic N) is 4. The number of nitrogen functional groups attached to an aromatic ring is 1. The Morgan fingerprint density at radius 2 is 1.67 bits per heavy atom. The van der Waals surface area contributed by atoms with Gasteiger partial charge in [0.25, 0.3) is 0 Å². The Bertz CT molecular complexity index is 898. The molecule has 8 nitrogen and oxygen atoms in total. The van der Waals surface area contributed by atoms with E-state index in [9.17, 15) is 5.11 Å². The highest BCUT2D eigenvalue weighted by molar-refractivity contribution is 6.77. The summed E-state index contributed by atoms with van der Waals surface area (Å²) in [7, 11) is -2.21. The molecular weight excluding hydrogens is 422 g/mol. The first kappa shape index (κ1) is 23.4. The third kappa shape index (κ3) is 3.64. The third-order valence-corrected chi connectivity index (χ3v) is 12.7. The molecule has 1 aliphatic rings. The summed E-state index contributed by atoms with van der Waals surface area (Å²) in [5, 5.41) is 11.4. The fourth-order valence-electron chi connectivity index (χ4n) is 5.22. The average molecular weight is 456 g/mol. The molecule has 30 heavy (non-hydrogen) atoms. The molecule has 0 aliphatic carbocycles. The number of aromatic nitrogens is 4. The average Bonchev–Trinajstić information content (AvgIpc) is 3.08. The zero-order valence-corrected chi connectivity index (χ0v) is 20.8. The number of hydrogen-bond donors (Lipinski definition) is 2. The first-order valence-electron chi connectivity index (χ1n) is 10.6. The number of rotatable bonds is 6. The summed E-state index contributed by atoms with van der Waals surface area (Å²) in [6.45, 7) is 17.1. The minimum atomic E-state index is -2.21. The van der Waals surface area contributed by atoms with Crippen molar-refractivity contribution < 1.29 is 14.3 Å². The summed E-state index contributed by atoms with van der Waals surface area (Å²) in [6, 6.07) is 0. The van der Waals surface area contributed by atoms with Crippen molar-refractivity contribution in [3.05, 3.63) is 11.1 Å². The van der Waals surface area contributed by atoms with Crippen LogP contribution in [0.3, 0.4) is 0 Å². The third-order valence-electron chi connectivity index (χ3n) is 6.46. The molecule has 1 fully saturated rings. The molecule has 2 aromatic rings. The van der Waals surface area contributed by atoms with Crippen molar-refractivity contribution >= 4 is 36.9 Å². The molecule has 2 aromatic heterocycles. The number of fused-ring (bicyclic) bond motifs is 1. The van der Waals surface area contributed by atoms with Gasteiger partial charge in [0.2, 0.25) is 13.6 Å². The second kappa shape index (κ2) is 8.35. The van der Waals surface area contributed by atoms with Gasteiger partial charge in [0.05, 0.1) is 6.10 Å². The summed E-state index contributed by atoms with van der Waals surface area (Å²) in [4.78, 5) is 12.7. The first-order valence-corrected chi connectivity index (χ1v) is 13.1. The van der Waals surface area contributed by atoms with Crippen molar-refractivity contribution in [3.63, 3.8) is 0 Å². The van der Waals surface area contributed by atoms with Gasteiger partial charge in [-0.1, -0.05) is 41.5 Å². The summed E-state index contributed by atoms with van der Waals surface area (Å²) in [6.07, 6.45) is -2.31. The largest absolute Gasteiger partial charge is 0.408 e. The zero-order chi connectivity index (χ0) is 22.5. The van der Waals surface area contributed by atoms with Crippen LogP contribution in [0.4, 0.5) is 5.82 Å². The molecule has 0 saturated carbocycles. The van der Waals surface area contributed by atoms with Gasteiger partial charge in [0.15, 0.2) is 23.2 Å². The normalized spacial score (nSPS) is 25.4. The fourth-order valence-corrected chi connectivity index (χ4v) is 11.0. The minimum absolute atomic E-state index is 0.0281. The van der Waals surface area contributed by atoms with Crippen LogP contribution in [0.2, 0.25) is 21.9 Å². The van der Waals surface area contributed by atoms with Crippen molar-refractivity contribution in [3.8, 4) is 0 Å². The quantitative estimate of drug-likeness (QED) is 0.496. The Morgan fingerprint density at radius 3 is 2.20 bits per heavy atom. The van der Waals surface area contributed by atoms with E-state index in [1.54, 1.807) is 4.57 Å². The van der Waals surface area contributed by atoms with Gasteiger partial charge in [-0.25, -0.2) is 4.98 Å². The maximum Gasteiger partial charge on any atom is 0.226 e. The lowest BCUT2D eigenvalue weighted by Crippen LogP contribution is -2.53. The monoisotopic (exact) mass is 455 g/mol. The van der Waals surface area contributed by atoms with Gasteiger partial charge in [0.1, 0.15) is 18.0 Å². The van der Waals surface area contributed by atoms with E-state index in [2.05, 4.69) is 56.5 Å². The van der Waals surface area contributed by atoms with E-state index in [-0.39, 0.29) is 17.2 Å². The molecule has 0 spiro atoms. The predicted octanol–water partition coefficient (Wildman–Crippen LogP) is 4.21. The molecule has 1 saturated heterocycles. The van der Waals surface area contributed by atoms with Crippen LogP contribution in [0.25, 0.3) is 11.2 Å². The van der Waals surface area contributed by atoms with Crippen LogP contribution < -0.4 is 5.73 Å². The molecule has 3 rings (SSSR count). The molecule has 3 heterocycles. The number of imidazole rings is 1. The van der Waals surface area contributed by atoms with Crippen LogP contribution in [0, 0.1) is 6.92 Å². The van der Waals surface area contributed by atoms with Gasteiger partial charge in [-0.05, 0) is 42.1 Å². The Labute approximate surface area is 184 Å². The highest BCUT2D eigenvalue weighted by Gasteiger charge is 2.52. The maximum absolute atomic E-state index is 11.3. The smallest absolute Gasteiger partial charge is 0.226 e. The van der Waals surface area contributed by atoms with Gasteiger partial charge in [0, 0.05) is 0 Å². The van der Waals surface area contributed by atoms with Crippen LogP contribution in [-0.2, 0) is 9.16 Å². The Hall–Kier alpha value is -1.26. The van der Waals surface area contributed by atoms with E-state index in [0.29, 0.717) is 33.6 Å². The van der Waals surface area contributed by atoms with Crippen LogP contribution in [0.15, 0.2) is 0 Å². The van der Waals surface area contributed by atoms with Gasteiger partial charge in [-0.15, -0.1) is 0 Å². The minimum Gasteiger partial charge on any atom is -0.408 e. The predicted molar refractivity (Wildman–Crippen MR) is 121 cm³/mol. The van der Waals surface area contributed by atoms with Crippen molar-refractivity contribution in [1.29, 1.82) is 0 Å². The second-order valence-corrected chi connectivity index (χ2v) is 14.9. The van der Waals surface area contributed by atoms with Crippen molar-refractivity contribution in [1.82, 2.24) is 19.5 Å². The SMILES string of the molecule is Cc1nc2c(N)nc(Cl)nc2n1[C@@H]1O[C@H](C)[C@H](O[Si](C(C)C)(C(C)C)C(C)C)[C@H]1O. The standard InChI is InChI=1S/C20H34ClN5O3Si/c1-9(2)30(10(3)4,11(5)6)29-16-12(7)28-19(15(16)27)26-13(8)23-14-17(22)24-20(21)25-18(14)26/h9-12,15-16,19,27H,1-8H3,(H2,22,24,25)/t12-,15-,16+,19-/m1/s1. The molecular formula is C20H34ClN5O3Si. The molecule has 0 bridgehead atoms.